The number of quaternary nitrogens is 1. The van der Waals surface area contributed by atoms with Crippen LogP contribution >= 0.6 is 0 Å². The third-order valence-corrected chi connectivity index (χ3v) is 4.69. The van der Waals surface area contributed by atoms with Crippen LogP contribution in [0.15, 0.2) is 12.2 Å². The number of amides is 1. The molecule has 0 heterocycles. The number of hydrogen-bond donors (Lipinski definition) is 1. The molecule has 0 radical (unpaired) electrons. The second-order valence-corrected chi connectivity index (χ2v) is 7.04. The molecule has 0 atom stereocenters. The first-order valence-corrected chi connectivity index (χ1v) is 9.80. The predicted molar refractivity (Wildman–Crippen MR) is 102 cm³/mol. The van der Waals surface area contributed by atoms with Gasteiger partial charge < -0.3 is 9.80 Å². The molecule has 0 aromatic rings. The van der Waals surface area contributed by atoms with Crippen LogP contribution in [-0.2, 0) is 4.79 Å². The molecule has 136 valence electrons. The van der Waals surface area contributed by atoms with Crippen molar-refractivity contribution in [1.29, 1.82) is 0 Å². The highest BCUT2D eigenvalue weighted by molar-refractivity contribution is 5.91. The lowest BCUT2D eigenvalue weighted by Crippen LogP contribution is -2.50. The van der Waals surface area contributed by atoms with E-state index in [1.54, 1.807) is 6.92 Å². The largest absolute Gasteiger partial charge is 0.352 e. The minimum absolute atomic E-state index is 0.00583. The third-order valence-electron chi connectivity index (χ3n) is 4.69. The summed E-state index contributed by atoms with van der Waals surface area (Å²) in [5.74, 6) is -0.00583. The van der Waals surface area contributed by atoms with Crippen molar-refractivity contribution >= 4 is 5.91 Å². The Hall–Kier alpha value is -0.830. The second kappa shape index (κ2) is 13.6. The Kier molecular flexibility index (Phi) is 13.1. The number of hydrogen-bond acceptors (Lipinski definition) is 1. The molecular formula is C20H41N2O+. The lowest BCUT2D eigenvalue weighted by Gasteiger charge is -2.39. The monoisotopic (exact) mass is 325 g/mol. The molecule has 3 heteroatoms. The zero-order chi connectivity index (χ0) is 17.6. The molecular weight excluding hydrogens is 284 g/mol. The molecule has 0 unspecified atom stereocenters. The Labute approximate surface area is 145 Å². The van der Waals surface area contributed by atoms with Gasteiger partial charge in [0.2, 0.25) is 5.91 Å². The van der Waals surface area contributed by atoms with Gasteiger partial charge in [0.15, 0.2) is 0 Å². The van der Waals surface area contributed by atoms with E-state index in [1.165, 1.54) is 75.6 Å². The van der Waals surface area contributed by atoms with E-state index in [0.29, 0.717) is 5.57 Å². The number of nitrogens with one attached hydrogen (secondary N) is 1. The van der Waals surface area contributed by atoms with Crippen molar-refractivity contribution < 1.29 is 9.28 Å². The lowest BCUT2D eigenvalue weighted by molar-refractivity contribution is -0.929. The summed E-state index contributed by atoms with van der Waals surface area (Å²) in [4.78, 5) is 11.5. The lowest BCUT2D eigenvalue weighted by atomic mass is 10.1. The van der Waals surface area contributed by atoms with E-state index in [2.05, 4.69) is 32.7 Å². The highest BCUT2D eigenvalue weighted by atomic mass is 16.1. The first-order valence-electron chi connectivity index (χ1n) is 9.80. The van der Waals surface area contributed by atoms with Crippen LogP contribution in [-0.4, -0.2) is 43.1 Å². The SMILES string of the molecule is C=C(C)C(=O)NCCCC[N+](CCCC)(CCCC)CCCC. The minimum Gasteiger partial charge on any atom is -0.352 e. The maximum absolute atomic E-state index is 11.5. The fourth-order valence-electron chi connectivity index (χ4n) is 3.08. The van der Waals surface area contributed by atoms with Crippen molar-refractivity contribution in [3.05, 3.63) is 12.2 Å². The molecule has 3 nitrogen and oxygen atoms in total. The van der Waals surface area contributed by atoms with Gasteiger partial charge in [0.25, 0.3) is 0 Å². The van der Waals surface area contributed by atoms with Crippen LogP contribution in [0.2, 0.25) is 0 Å². The molecule has 0 aromatic heterocycles. The molecule has 0 rings (SSSR count). The summed E-state index contributed by atoms with van der Waals surface area (Å²) in [7, 11) is 0. The number of nitrogens with zero attached hydrogens (tertiary/aromatic N) is 1. The average molecular weight is 326 g/mol. The smallest absolute Gasteiger partial charge is 0.246 e. The van der Waals surface area contributed by atoms with Crippen molar-refractivity contribution in [1.82, 2.24) is 5.32 Å². The van der Waals surface area contributed by atoms with Crippen LogP contribution in [0.1, 0.15) is 79.1 Å². The van der Waals surface area contributed by atoms with E-state index in [-0.39, 0.29) is 5.91 Å². The fraction of sp³-hybridized carbons (Fsp3) is 0.850. The Bertz CT molecular complexity index is 304. The molecule has 1 N–H and O–H groups in total. The Balaban J connectivity index is 4.40. The summed E-state index contributed by atoms with van der Waals surface area (Å²) in [6.45, 7) is 18.3. The summed E-state index contributed by atoms with van der Waals surface area (Å²) >= 11 is 0. The first kappa shape index (κ1) is 22.2. The van der Waals surface area contributed by atoms with Gasteiger partial charge in [0.1, 0.15) is 0 Å². The summed E-state index contributed by atoms with van der Waals surface area (Å²) in [5.41, 5.74) is 0.601. The third kappa shape index (κ3) is 10.5. The predicted octanol–water partition coefficient (Wildman–Crippen LogP) is 4.68. The molecule has 0 spiro atoms. The Morgan fingerprint density at radius 3 is 1.65 bits per heavy atom. The van der Waals surface area contributed by atoms with Crippen molar-refractivity contribution in [2.24, 2.45) is 0 Å². The Morgan fingerprint density at radius 1 is 0.826 bits per heavy atom. The highest BCUT2D eigenvalue weighted by Gasteiger charge is 2.25. The molecule has 0 fully saturated rings. The zero-order valence-electron chi connectivity index (χ0n) is 16.3. The van der Waals surface area contributed by atoms with Gasteiger partial charge in [0, 0.05) is 12.1 Å². The van der Waals surface area contributed by atoms with Gasteiger partial charge in [-0.25, -0.2) is 0 Å². The number of unbranched alkanes of at least 4 members (excludes halogenated alkanes) is 4. The standard InChI is InChI=1S/C20H40N2O/c1-6-9-15-22(16-10-7-2,17-11-8-3)18-13-12-14-21-20(23)19(4)5/h4,6-18H2,1-3,5H3/p+1. The van der Waals surface area contributed by atoms with Gasteiger partial charge in [-0.05, 0) is 39.0 Å². The van der Waals surface area contributed by atoms with E-state index in [4.69, 9.17) is 0 Å². The van der Waals surface area contributed by atoms with E-state index in [9.17, 15) is 4.79 Å². The fourth-order valence-corrected chi connectivity index (χ4v) is 3.08. The molecule has 0 saturated heterocycles. The van der Waals surface area contributed by atoms with Crippen molar-refractivity contribution in [3.8, 4) is 0 Å². The second-order valence-electron chi connectivity index (χ2n) is 7.04. The molecule has 0 aliphatic heterocycles. The van der Waals surface area contributed by atoms with Crippen LogP contribution in [0, 0.1) is 0 Å². The molecule has 0 aliphatic rings. The van der Waals surface area contributed by atoms with E-state index in [1.807, 2.05) is 0 Å². The average Bonchev–Trinajstić information content (AvgIpc) is 2.55. The van der Waals surface area contributed by atoms with Crippen LogP contribution in [0.3, 0.4) is 0 Å². The topological polar surface area (TPSA) is 29.1 Å². The molecule has 0 saturated carbocycles. The molecule has 1 amide bonds. The summed E-state index contributed by atoms with van der Waals surface area (Å²) in [5, 5.41) is 2.95. The van der Waals surface area contributed by atoms with Gasteiger partial charge in [-0.3, -0.25) is 4.79 Å². The first-order chi connectivity index (χ1) is 11.0. The van der Waals surface area contributed by atoms with Gasteiger partial charge in [-0.15, -0.1) is 0 Å². The quantitative estimate of drug-likeness (QED) is 0.264. The maximum Gasteiger partial charge on any atom is 0.246 e. The number of carbonyl (C=O) groups is 1. The Morgan fingerprint density at radius 2 is 1.26 bits per heavy atom. The van der Waals surface area contributed by atoms with Crippen molar-refractivity contribution in [3.63, 3.8) is 0 Å². The van der Waals surface area contributed by atoms with E-state index in [0.717, 1.165) is 13.0 Å². The van der Waals surface area contributed by atoms with Crippen LogP contribution < -0.4 is 5.32 Å². The number of rotatable bonds is 15. The maximum atomic E-state index is 11.5. The zero-order valence-corrected chi connectivity index (χ0v) is 16.3. The highest BCUT2D eigenvalue weighted by Crippen LogP contribution is 2.16. The molecule has 0 aromatic carbocycles. The minimum atomic E-state index is -0.00583. The van der Waals surface area contributed by atoms with Crippen molar-refractivity contribution in [2.75, 3.05) is 32.7 Å². The van der Waals surface area contributed by atoms with Crippen LogP contribution in [0.5, 0.6) is 0 Å². The normalized spacial score (nSPS) is 11.5. The van der Waals surface area contributed by atoms with E-state index >= 15 is 0 Å². The summed E-state index contributed by atoms with van der Waals surface area (Å²) < 4.78 is 1.30. The van der Waals surface area contributed by atoms with Crippen LogP contribution in [0.4, 0.5) is 0 Å². The molecule has 0 aliphatic carbocycles. The van der Waals surface area contributed by atoms with Gasteiger partial charge >= 0.3 is 0 Å². The number of carbonyl (C=O) groups excluding carboxylic acids is 1. The van der Waals surface area contributed by atoms with Crippen molar-refractivity contribution in [2.45, 2.75) is 79.1 Å². The summed E-state index contributed by atoms with van der Waals surface area (Å²) in [6.07, 6.45) is 10.1. The van der Waals surface area contributed by atoms with Crippen LogP contribution in [0.25, 0.3) is 0 Å². The van der Waals surface area contributed by atoms with Gasteiger partial charge in [-0.1, -0.05) is 46.6 Å². The van der Waals surface area contributed by atoms with Gasteiger partial charge in [-0.2, -0.15) is 0 Å². The summed E-state index contributed by atoms with van der Waals surface area (Å²) in [6, 6.07) is 0. The molecule has 23 heavy (non-hydrogen) atoms. The molecule has 0 bridgehead atoms. The van der Waals surface area contributed by atoms with E-state index < -0.39 is 0 Å². The van der Waals surface area contributed by atoms with Gasteiger partial charge in [0.05, 0.1) is 26.2 Å².